The van der Waals surface area contributed by atoms with E-state index in [2.05, 4.69) is 20.8 Å². The second-order valence-corrected chi connectivity index (χ2v) is 10.9. The standard InChI is InChI=1S/C24H30BrN3O3S.ClH/c1-3-32(29,30)28(15-5-7-20-6-4-8-21(25)18-20)22-9-11-23(12-10-22)31-24-13-16-27(17-14-24)19(2)26;/h4-12,18,24,26H,3,13-17H2,1-2H3;1H/b7-5+,26-19?;. The van der Waals surface area contributed by atoms with Gasteiger partial charge in [0.05, 0.1) is 23.8 Å². The molecule has 2 aromatic rings. The van der Waals surface area contributed by atoms with Crippen molar-refractivity contribution < 1.29 is 13.2 Å². The predicted molar refractivity (Wildman–Crippen MR) is 142 cm³/mol. The minimum Gasteiger partial charge on any atom is -0.490 e. The molecule has 180 valence electrons. The summed E-state index contributed by atoms with van der Waals surface area (Å²) in [6, 6.07) is 15.1. The lowest BCUT2D eigenvalue weighted by Crippen LogP contribution is -2.40. The molecule has 9 heteroatoms. The van der Waals surface area contributed by atoms with E-state index in [0.717, 1.165) is 41.7 Å². The van der Waals surface area contributed by atoms with E-state index in [-0.39, 0.29) is 30.8 Å². The number of sulfonamides is 1. The predicted octanol–water partition coefficient (Wildman–Crippen LogP) is 5.58. The van der Waals surface area contributed by atoms with E-state index < -0.39 is 10.0 Å². The zero-order valence-corrected chi connectivity index (χ0v) is 22.1. The van der Waals surface area contributed by atoms with Gasteiger partial charge in [0, 0.05) is 30.4 Å². The molecule has 0 aliphatic carbocycles. The number of hydrogen-bond donors (Lipinski definition) is 1. The van der Waals surface area contributed by atoms with Gasteiger partial charge in [-0.2, -0.15) is 0 Å². The van der Waals surface area contributed by atoms with E-state index in [1.165, 1.54) is 4.31 Å². The van der Waals surface area contributed by atoms with Crippen molar-refractivity contribution in [3.05, 3.63) is 64.6 Å². The monoisotopic (exact) mass is 555 g/mol. The van der Waals surface area contributed by atoms with Crippen LogP contribution in [-0.2, 0) is 10.0 Å². The third kappa shape index (κ3) is 7.76. The lowest BCUT2D eigenvalue weighted by molar-refractivity contribution is 0.130. The molecule has 6 nitrogen and oxygen atoms in total. The number of ether oxygens (including phenoxy) is 1. The summed E-state index contributed by atoms with van der Waals surface area (Å²) in [5, 5.41) is 7.74. The van der Waals surface area contributed by atoms with E-state index in [4.69, 9.17) is 10.1 Å². The van der Waals surface area contributed by atoms with E-state index in [9.17, 15) is 8.42 Å². The average molecular weight is 557 g/mol. The third-order valence-corrected chi connectivity index (χ3v) is 7.73. The summed E-state index contributed by atoms with van der Waals surface area (Å²) < 4.78 is 33.9. The molecule has 0 bridgehead atoms. The smallest absolute Gasteiger partial charge is 0.235 e. The molecule has 33 heavy (non-hydrogen) atoms. The quantitative estimate of drug-likeness (QED) is 0.340. The molecule has 0 spiro atoms. The zero-order valence-electron chi connectivity index (χ0n) is 18.9. The Morgan fingerprint density at radius 3 is 2.45 bits per heavy atom. The van der Waals surface area contributed by atoms with Gasteiger partial charge in [0.1, 0.15) is 11.9 Å². The molecule has 0 saturated carbocycles. The van der Waals surface area contributed by atoms with Crippen LogP contribution in [0.2, 0.25) is 0 Å². The molecule has 1 N–H and O–H groups in total. The Morgan fingerprint density at radius 2 is 1.88 bits per heavy atom. The van der Waals surface area contributed by atoms with Crippen molar-refractivity contribution in [2.45, 2.75) is 32.8 Å². The molecule has 1 aliphatic heterocycles. The first-order valence-corrected chi connectivity index (χ1v) is 13.2. The maximum Gasteiger partial charge on any atom is 0.235 e. The number of nitrogens with one attached hydrogen (secondary N) is 1. The molecule has 0 radical (unpaired) electrons. The first-order valence-electron chi connectivity index (χ1n) is 10.8. The van der Waals surface area contributed by atoms with Gasteiger partial charge in [-0.15, -0.1) is 12.4 Å². The Balaban J connectivity index is 0.00000385. The number of anilines is 1. The first kappa shape index (κ1) is 27.2. The van der Waals surface area contributed by atoms with E-state index in [1.54, 1.807) is 19.1 Å². The van der Waals surface area contributed by atoms with Crippen molar-refractivity contribution in [2.24, 2.45) is 0 Å². The summed E-state index contributed by atoms with van der Waals surface area (Å²) in [5.41, 5.74) is 1.62. The molecule has 1 aliphatic rings. The molecular weight excluding hydrogens is 526 g/mol. The maximum absolute atomic E-state index is 12.7. The molecule has 0 unspecified atom stereocenters. The van der Waals surface area contributed by atoms with Crippen molar-refractivity contribution in [1.82, 2.24) is 4.90 Å². The lowest BCUT2D eigenvalue weighted by atomic mass is 10.1. The van der Waals surface area contributed by atoms with Crippen LogP contribution >= 0.6 is 28.3 Å². The van der Waals surface area contributed by atoms with E-state index in [0.29, 0.717) is 11.5 Å². The first-order chi connectivity index (χ1) is 15.3. The van der Waals surface area contributed by atoms with Gasteiger partial charge in [-0.05, 0) is 55.8 Å². The largest absolute Gasteiger partial charge is 0.490 e. The zero-order chi connectivity index (χ0) is 23.1. The number of benzene rings is 2. The minimum absolute atomic E-state index is 0. The highest BCUT2D eigenvalue weighted by Gasteiger charge is 2.22. The van der Waals surface area contributed by atoms with Gasteiger partial charge in [-0.25, -0.2) is 8.42 Å². The van der Waals surface area contributed by atoms with Crippen LogP contribution in [0.25, 0.3) is 6.08 Å². The summed E-state index contributed by atoms with van der Waals surface area (Å²) in [5.74, 6) is 1.36. The topological polar surface area (TPSA) is 73.7 Å². The minimum atomic E-state index is -3.42. The van der Waals surface area contributed by atoms with Gasteiger partial charge in [0.2, 0.25) is 10.0 Å². The molecule has 0 amide bonds. The van der Waals surface area contributed by atoms with Gasteiger partial charge < -0.3 is 9.64 Å². The summed E-state index contributed by atoms with van der Waals surface area (Å²) in [6.07, 6.45) is 5.63. The highest BCUT2D eigenvalue weighted by molar-refractivity contribution is 9.10. The van der Waals surface area contributed by atoms with Crippen LogP contribution in [0.5, 0.6) is 5.75 Å². The number of amidine groups is 1. The van der Waals surface area contributed by atoms with Crippen LogP contribution < -0.4 is 9.04 Å². The third-order valence-electron chi connectivity index (χ3n) is 5.47. The van der Waals surface area contributed by atoms with Crippen molar-refractivity contribution in [2.75, 3.05) is 29.7 Å². The van der Waals surface area contributed by atoms with Gasteiger partial charge in [-0.3, -0.25) is 9.71 Å². The maximum atomic E-state index is 12.7. The summed E-state index contributed by atoms with van der Waals surface area (Å²) in [4.78, 5) is 2.05. The van der Waals surface area contributed by atoms with Crippen LogP contribution in [-0.4, -0.2) is 50.6 Å². The van der Waals surface area contributed by atoms with Crippen LogP contribution in [0, 0.1) is 5.41 Å². The second-order valence-electron chi connectivity index (χ2n) is 7.77. The molecular formula is C24H31BrClN3O3S. The number of halogens is 2. The Hall–Kier alpha value is -2.03. The highest BCUT2D eigenvalue weighted by atomic mass is 79.9. The van der Waals surface area contributed by atoms with Gasteiger partial charge >= 0.3 is 0 Å². The van der Waals surface area contributed by atoms with Gasteiger partial charge in [-0.1, -0.05) is 40.2 Å². The number of hydrogen-bond acceptors (Lipinski definition) is 4. The Morgan fingerprint density at radius 1 is 1.21 bits per heavy atom. The van der Waals surface area contributed by atoms with Crippen LogP contribution in [0.4, 0.5) is 5.69 Å². The van der Waals surface area contributed by atoms with Crippen molar-refractivity contribution >= 4 is 56.0 Å². The highest BCUT2D eigenvalue weighted by Crippen LogP contribution is 2.25. The Kier molecular flexibility index (Phi) is 10.3. The molecule has 2 aromatic carbocycles. The summed E-state index contributed by atoms with van der Waals surface area (Å²) in [6.45, 7) is 5.37. The van der Waals surface area contributed by atoms with Crippen LogP contribution in [0.1, 0.15) is 32.3 Å². The fraction of sp³-hybridized carbons (Fsp3) is 0.375. The van der Waals surface area contributed by atoms with E-state index in [1.807, 2.05) is 55.5 Å². The normalized spacial score (nSPS) is 14.7. The van der Waals surface area contributed by atoms with Crippen molar-refractivity contribution in [1.29, 1.82) is 5.41 Å². The van der Waals surface area contributed by atoms with Gasteiger partial charge in [0.25, 0.3) is 0 Å². The summed E-state index contributed by atoms with van der Waals surface area (Å²) in [7, 11) is -3.42. The number of likely N-dealkylation sites (tertiary alicyclic amines) is 1. The summed E-state index contributed by atoms with van der Waals surface area (Å²) >= 11 is 3.45. The number of piperidine rings is 1. The molecule has 1 saturated heterocycles. The average Bonchev–Trinajstić information content (AvgIpc) is 2.78. The SMILES string of the molecule is CCS(=O)(=O)N(C/C=C/c1cccc(Br)c1)c1ccc(OC2CCN(C(C)=N)CC2)cc1.Cl. The molecule has 3 rings (SSSR count). The fourth-order valence-electron chi connectivity index (χ4n) is 3.62. The Bertz CT molecular complexity index is 1050. The Labute approximate surface area is 211 Å². The van der Waals surface area contributed by atoms with E-state index >= 15 is 0 Å². The van der Waals surface area contributed by atoms with Crippen LogP contribution in [0.3, 0.4) is 0 Å². The molecule has 1 heterocycles. The molecule has 0 atom stereocenters. The van der Waals surface area contributed by atoms with Crippen molar-refractivity contribution in [3.8, 4) is 5.75 Å². The van der Waals surface area contributed by atoms with Crippen molar-refractivity contribution in [3.63, 3.8) is 0 Å². The fourth-order valence-corrected chi connectivity index (χ4v) is 5.11. The lowest BCUT2D eigenvalue weighted by Gasteiger charge is -2.32. The molecule has 0 aromatic heterocycles. The number of rotatable bonds is 8. The molecule has 1 fully saturated rings. The van der Waals surface area contributed by atoms with Gasteiger partial charge in [0.15, 0.2) is 0 Å². The second kappa shape index (κ2) is 12.4. The number of nitrogens with zero attached hydrogens (tertiary/aromatic N) is 2. The van der Waals surface area contributed by atoms with Crippen LogP contribution in [0.15, 0.2) is 59.1 Å².